The summed E-state index contributed by atoms with van der Waals surface area (Å²) in [5, 5.41) is 23.0. The predicted molar refractivity (Wildman–Crippen MR) is 234 cm³/mol. The van der Waals surface area contributed by atoms with Gasteiger partial charge in [-0.1, -0.05) is 159 Å². The zero-order valence-electron chi connectivity index (χ0n) is 31.9. The monoisotopic (exact) mass is 864 g/mol. The summed E-state index contributed by atoms with van der Waals surface area (Å²) >= 11 is 12.1. The molecule has 0 aliphatic carbocycles. The van der Waals surface area contributed by atoms with Crippen LogP contribution in [0.5, 0.6) is 0 Å². The number of amides is 2. The molecule has 0 aromatic heterocycles. The van der Waals surface area contributed by atoms with E-state index in [4.69, 9.17) is 24.4 Å². The number of thiocarbonyl (C=S) groups is 2. The van der Waals surface area contributed by atoms with Gasteiger partial charge < -0.3 is 20.0 Å². The van der Waals surface area contributed by atoms with Gasteiger partial charge in [0.2, 0.25) is 22.0 Å². The van der Waals surface area contributed by atoms with Gasteiger partial charge in [-0.2, -0.15) is 0 Å². The van der Waals surface area contributed by atoms with Crippen LogP contribution in [-0.4, -0.2) is 116 Å². The molecule has 2 fully saturated rings. The molecule has 0 bridgehead atoms. The second kappa shape index (κ2) is 22.9. The van der Waals surface area contributed by atoms with E-state index in [0.29, 0.717) is 48.6 Å². The van der Waals surface area contributed by atoms with Gasteiger partial charge in [0.15, 0.2) is 0 Å². The van der Waals surface area contributed by atoms with Crippen LogP contribution in [0.4, 0.5) is 0 Å². The van der Waals surface area contributed by atoms with Gasteiger partial charge in [0, 0.05) is 59.4 Å². The first kappa shape index (κ1) is 46.6. The third-order valence-corrected chi connectivity index (χ3v) is 12.9. The number of rotatable bonds is 12. The van der Waals surface area contributed by atoms with Gasteiger partial charge in [-0.15, -0.1) is 24.4 Å². The van der Waals surface area contributed by atoms with Gasteiger partial charge in [0.05, 0.1) is 12.1 Å². The van der Waals surface area contributed by atoms with Crippen LogP contribution < -0.4 is 10.2 Å². The molecule has 8 nitrogen and oxygen atoms in total. The fourth-order valence-corrected chi connectivity index (χ4v) is 9.10. The average molecular weight is 865 g/mol. The predicted octanol–water partition coefficient (Wildman–Crippen LogP) is 6.16. The van der Waals surface area contributed by atoms with E-state index in [2.05, 4.69) is 0 Å². The maximum atomic E-state index is 13.0. The number of benzene rings is 4. The van der Waals surface area contributed by atoms with E-state index in [9.17, 15) is 29.4 Å². The molecule has 4 aromatic carbocycles. The van der Waals surface area contributed by atoms with Crippen molar-refractivity contribution in [1.82, 2.24) is 9.80 Å². The summed E-state index contributed by atoms with van der Waals surface area (Å²) in [6, 6.07) is 36.7. The van der Waals surface area contributed by atoms with Crippen LogP contribution in [0.1, 0.15) is 70.4 Å². The van der Waals surface area contributed by atoms with Gasteiger partial charge in [-0.25, -0.2) is 0 Å². The number of carbonyl (C=O) groups excluding carboxylic acids is 4. The van der Waals surface area contributed by atoms with Crippen LogP contribution in [0.3, 0.4) is 0 Å². The minimum atomic E-state index is -0.565. The molecular weight excluding hydrogens is 821 g/mol. The van der Waals surface area contributed by atoms with Crippen molar-refractivity contribution in [2.24, 2.45) is 11.8 Å². The summed E-state index contributed by atoms with van der Waals surface area (Å²) in [6.45, 7) is 4.57. The zero-order valence-corrected chi connectivity index (χ0v) is 37.4. The van der Waals surface area contributed by atoms with E-state index in [1.165, 1.54) is 0 Å². The fraction of sp³-hybridized carbons (Fsp3) is 0.318. The first-order valence-electron chi connectivity index (χ1n) is 18.5. The van der Waals surface area contributed by atoms with E-state index in [1.807, 2.05) is 97.1 Å². The third kappa shape index (κ3) is 12.9. The van der Waals surface area contributed by atoms with Crippen LogP contribution in [0, 0.1) is 11.8 Å². The summed E-state index contributed by atoms with van der Waals surface area (Å²) in [5.74, 6) is -0.0202. The van der Waals surface area contributed by atoms with Crippen molar-refractivity contribution in [3.8, 4) is 0 Å². The Kier molecular flexibility index (Phi) is 18.7. The van der Waals surface area contributed by atoms with E-state index in [1.54, 1.807) is 47.9 Å². The molecule has 6 atom stereocenters. The van der Waals surface area contributed by atoms with E-state index < -0.39 is 22.2 Å². The molecule has 0 radical (unpaired) electrons. The molecule has 0 spiro atoms. The Morgan fingerprint density at radius 2 is 0.877 bits per heavy atom. The molecule has 292 valence electrons. The van der Waals surface area contributed by atoms with Gasteiger partial charge >= 0.3 is 37.7 Å². The Hall–Kier alpha value is -3.10. The van der Waals surface area contributed by atoms with E-state index in [0.717, 1.165) is 34.7 Å². The summed E-state index contributed by atoms with van der Waals surface area (Å²) < 4.78 is 0. The molecule has 2 amide bonds. The number of hydrogen-bond acceptors (Lipinski definition) is 10. The van der Waals surface area contributed by atoms with Crippen LogP contribution in [0.15, 0.2) is 121 Å². The Labute approximate surface area is 384 Å². The van der Waals surface area contributed by atoms with E-state index in [-0.39, 0.29) is 83.5 Å². The van der Waals surface area contributed by atoms with Crippen molar-refractivity contribution < 1.29 is 29.4 Å². The topological polar surface area (TPSA) is 121 Å². The zero-order chi connectivity index (χ0) is 40.2. The first-order chi connectivity index (χ1) is 26.9. The average Bonchev–Trinajstić information content (AvgIpc) is 3.90. The van der Waals surface area contributed by atoms with Crippen molar-refractivity contribution in [1.29, 1.82) is 0 Å². The van der Waals surface area contributed by atoms with Crippen molar-refractivity contribution in [3.63, 3.8) is 0 Å². The van der Waals surface area contributed by atoms with Crippen LogP contribution in [0.2, 0.25) is 0 Å². The number of carbonyl (C=O) groups is 4. The molecule has 4 aromatic rings. The molecule has 6 rings (SSSR count). The molecule has 2 heterocycles. The molecule has 2 aliphatic rings. The van der Waals surface area contributed by atoms with Crippen LogP contribution in [-0.2, 0) is 9.59 Å². The molecule has 0 unspecified atom stereocenters. The summed E-state index contributed by atoms with van der Waals surface area (Å²) in [5.41, 5.74) is 3.47. The summed E-state index contributed by atoms with van der Waals surface area (Å²) in [7, 11) is 0. The maximum absolute atomic E-state index is 13.0. The quantitative estimate of drug-likeness (QED) is 0.121. The molecule has 2 aliphatic heterocycles. The molecular formula is C44H44CaN2O6S4. The van der Waals surface area contributed by atoms with Gasteiger partial charge in [-0.05, 0) is 34.1 Å². The molecule has 0 saturated carbocycles. The standard InChI is InChI=1S/2C22H23NO3S2.Ca/c2*1-15(14-28-22(26)17-10-6-3-7-11-17)20(24)23-13-18(12-19(23)21(25)27)16-8-4-2-5-9-16;/h2*2-11,15,18-19H,12-14H2,1H3,(H,25,27);/q;;+2/p-2/t2*15-,18-,19+;/m11./s1. The minimum Gasteiger partial charge on any atom is -0.866 e. The Morgan fingerprint density at radius 3 is 1.18 bits per heavy atom. The molecule has 0 N–H and O–H groups in total. The second-order valence-corrected chi connectivity index (χ2v) is 16.9. The number of nitrogens with zero attached hydrogens (tertiary/aromatic N) is 2. The first-order valence-corrected chi connectivity index (χ1v) is 21.3. The summed E-state index contributed by atoms with van der Waals surface area (Å²) in [6.07, 6.45) is 1.11. The van der Waals surface area contributed by atoms with Crippen molar-refractivity contribution in [2.45, 2.75) is 50.6 Å². The number of likely N-dealkylation sites (tertiary alicyclic amines) is 2. The largest absolute Gasteiger partial charge is 2.00 e. The second-order valence-electron chi connectivity index (χ2n) is 14.1. The maximum Gasteiger partial charge on any atom is 2.00 e. The third-order valence-electron chi connectivity index (χ3n) is 10.0. The summed E-state index contributed by atoms with van der Waals surface area (Å²) in [4.78, 5) is 53.8. The van der Waals surface area contributed by atoms with E-state index >= 15 is 0 Å². The Morgan fingerprint density at radius 1 is 0.579 bits per heavy atom. The Bertz CT molecular complexity index is 1830. The number of hydrogen-bond donors (Lipinski definition) is 0. The normalized spacial score (nSPS) is 19.6. The minimum absolute atomic E-state index is 0. The Balaban J connectivity index is 0.000000248. The smallest absolute Gasteiger partial charge is 0.866 e. The van der Waals surface area contributed by atoms with Gasteiger partial charge in [-0.3, -0.25) is 19.2 Å². The van der Waals surface area contributed by atoms with Crippen molar-refractivity contribution in [2.75, 3.05) is 24.6 Å². The SMILES string of the molecule is C[C@H](CSC(=O)c1ccccc1)C(=O)N1C[C@H](c2ccccc2)C[C@H]1C([O-])=S.C[C@H](CSC(=O)c1ccccc1)C(=O)N1C[C@H](c2ccccc2)C[C@H]1C([O-])=S.[Ca+2]. The van der Waals surface area contributed by atoms with Gasteiger partial charge in [0.1, 0.15) is 0 Å². The molecule has 2 saturated heterocycles. The van der Waals surface area contributed by atoms with Crippen LogP contribution >= 0.6 is 48.0 Å². The number of thioether (sulfide) groups is 2. The van der Waals surface area contributed by atoms with Crippen molar-refractivity contribution in [3.05, 3.63) is 144 Å². The van der Waals surface area contributed by atoms with Crippen LogP contribution in [0.25, 0.3) is 0 Å². The van der Waals surface area contributed by atoms with Gasteiger partial charge in [0.25, 0.3) is 0 Å². The molecule has 57 heavy (non-hydrogen) atoms. The fourth-order valence-electron chi connectivity index (χ4n) is 6.96. The van der Waals surface area contributed by atoms with Crippen molar-refractivity contribution >= 4 is 118 Å². The molecule has 13 heteroatoms.